The summed E-state index contributed by atoms with van der Waals surface area (Å²) in [6.45, 7) is 0. The van der Waals surface area contributed by atoms with Gasteiger partial charge in [-0.2, -0.15) is 0 Å². The molecule has 0 aliphatic heterocycles. The predicted molar refractivity (Wildman–Crippen MR) is 127 cm³/mol. The number of nitrogens with one attached hydrogen (secondary N) is 2. The second kappa shape index (κ2) is 10.5. The van der Waals surface area contributed by atoms with E-state index in [0.717, 1.165) is 18.4 Å². The summed E-state index contributed by atoms with van der Waals surface area (Å²) in [6.07, 6.45) is 5.81. The number of anilines is 1. The average molecular weight is 450 g/mol. The molecular weight excluding hydrogens is 422 g/mol. The average Bonchev–Trinajstić information content (AvgIpc) is 3.19. The van der Waals surface area contributed by atoms with Crippen LogP contribution in [0.3, 0.4) is 0 Å². The van der Waals surface area contributed by atoms with E-state index in [4.69, 9.17) is 0 Å². The first-order valence-electron chi connectivity index (χ1n) is 10.9. The standard InChI is InChI=1S/C24H27N5O2S/c1-29-22(27-28-24(29)32-16-21(30)25-19-10-6-3-7-11-19)17-12-14-20(15-13-17)26-23(31)18-8-4-2-5-9-18/h2,4-5,8-9,12-15,19H,3,6-7,10-11,16H2,1H3,(H,25,30)(H,26,31). The fourth-order valence-corrected chi connectivity index (χ4v) is 4.56. The van der Waals surface area contributed by atoms with Crippen molar-refractivity contribution >= 4 is 29.3 Å². The van der Waals surface area contributed by atoms with E-state index in [2.05, 4.69) is 20.8 Å². The second-order valence-corrected chi connectivity index (χ2v) is 8.90. The molecule has 8 heteroatoms. The number of hydrogen-bond donors (Lipinski definition) is 2. The Balaban J connectivity index is 1.34. The number of hydrogen-bond acceptors (Lipinski definition) is 5. The first kappa shape index (κ1) is 22.1. The molecule has 166 valence electrons. The van der Waals surface area contributed by atoms with Crippen LogP contribution in [0.1, 0.15) is 42.5 Å². The van der Waals surface area contributed by atoms with Gasteiger partial charge in [0, 0.05) is 29.9 Å². The number of amides is 2. The van der Waals surface area contributed by atoms with Gasteiger partial charge in [-0.1, -0.05) is 49.2 Å². The number of aromatic nitrogens is 3. The zero-order chi connectivity index (χ0) is 22.3. The zero-order valence-electron chi connectivity index (χ0n) is 18.1. The fraction of sp³-hybridized carbons (Fsp3) is 0.333. The molecule has 1 aromatic heterocycles. The van der Waals surface area contributed by atoms with Crippen molar-refractivity contribution in [1.82, 2.24) is 20.1 Å². The summed E-state index contributed by atoms with van der Waals surface area (Å²) in [5, 5.41) is 15.3. The third kappa shape index (κ3) is 5.56. The van der Waals surface area contributed by atoms with Gasteiger partial charge in [0.25, 0.3) is 5.91 Å². The molecule has 0 saturated heterocycles. The summed E-state index contributed by atoms with van der Waals surface area (Å²) < 4.78 is 1.89. The Morgan fingerprint density at radius 2 is 1.72 bits per heavy atom. The van der Waals surface area contributed by atoms with E-state index in [-0.39, 0.29) is 11.8 Å². The number of carbonyl (C=O) groups is 2. The van der Waals surface area contributed by atoms with Crippen LogP contribution in [0.25, 0.3) is 11.4 Å². The minimum absolute atomic E-state index is 0.0463. The lowest BCUT2D eigenvalue weighted by Gasteiger charge is -2.22. The van der Waals surface area contributed by atoms with Gasteiger partial charge in [0.05, 0.1) is 5.75 Å². The summed E-state index contributed by atoms with van der Waals surface area (Å²) >= 11 is 1.39. The first-order chi connectivity index (χ1) is 15.6. The van der Waals surface area contributed by atoms with Gasteiger partial charge in [0.1, 0.15) is 0 Å². The molecule has 1 fully saturated rings. The normalized spacial score (nSPS) is 14.2. The molecule has 4 rings (SSSR count). The number of rotatable bonds is 7. The lowest BCUT2D eigenvalue weighted by atomic mass is 9.95. The van der Waals surface area contributed by atoms with Crippen molar-refractivity contribution in [3.05, 3.63) is 60.2 Å². The molecule has 32 heavy (non-hydrogen) atoms. The minimum atomic E-state index is -0.151. The second-order valence-electron chi connectivity index (χ2n) is 7.95. The molecule has 0 spiro atoms. The Morgan fingerprint density at radius 3 is 2.44 bits per heavy atom. The van der Waals surface area contributed by atoms with Crippen molar-refractivity contribution in [2.45, 2.75) is 43.3 Å². The highest BCUT2D eigenvalue weighted by molar-refractivity contribution is 7.99. The van der Waals surface area contributed by atoms with Crippen LogP contribution in [-0.2, 0) is 11.8 Å². The Morgan fingerprint density at radius 1 is 1.00 bits per heavy atom. The molecule has 0 radical (unpaired) electrons. The van der Waals surface area contributed by atoms with Gasteiger partial charge in [-0.05, 0) is 49.2 Å². The molecule has 0 bridgehead atoms. The Labute approximate surface area is 192 Å². The molecule has 1 aliphatic carbocycles. The van der Waals surface area contributed by atoms with Gasteiger partial charge in [-0.3, -0.25) is 9.59 Å². The van der Waals surface area contributed by atoms with E-state index in [9.17, 15) is 9.59 Å². The van der Waals surface area contributed by atoms with Crippen molar-refractivity contribution in [3.8, 4) is 11.4 Å². The summed E-state index contributed by atoms with van der Waals surface area (Å²) in [5.74, 6) is 0.931. The van der Waals surface area contributed by atoms with Gasteiger partial charge >= 0.3 is 0 Å². The molecule has 2 amide bonds. The first-order valence-corrected chi connectivity index (χ1v) is 11.9. The maximum absolute atomic E-state index is 12.3. The monoisotopic (exact) mass is 449 g/mol. The van der Waals surface area contributed by atoms with Crippen LogP contribution in [0, 0.1) is 0 Å². The Bertz CT molecular complexity index is 1060. The van der Waals surface area contributed by atoms with Crippen molar-refractivity contribution in [2.75, 3.05) is 11.1 Å². The van der Waals surface area contributed by atoms with Gasteiger partial charge in [0.15, 0.2) is 11.0 Å². The molecule has 0 unspecified atom stereocenters. The quantitative estimate of drug-likeness (QED) is 0.526. The van der Waals surface area contributed by atoms with Gasteiger partial charge in [0.2, 0.25) is 5.91 Å². The fourth-order valence-electron chi connectivity index (χ4n) is 3.83. The van der Waals surface area contributed by atoms with Crippen molar-refractivity contribution < 1.29 is 9.59 Å². The Kier molecular flexibility index (Phi) is 7.21. The number of carbonyl (C=O) groups excluding carboxylic acids is 2. The number of benzene rings is 2. The van der Waals surface area contributed by atoms with Crippen LogP contribution in [0.4, 0.5) is 5.69 Å². The maximum Gasteiger partial charge on any atom is 0.255 e. The minimum Gasteiger partial charge on any atom is -0.353 e. The summed E-state index contributed by atoms with van der Waals surface area (Å²) in [7, 11) is 1.89. The van der Waals surface area contributed by atoms with Crippen LogP contribution < -0.4 is 10.6 Å². The molecule has 1 saturated carbocycles. The van der Waals surface area contributed by atoms with Gasteiger partial charge in [-0.25, -0.2) is 0 Å². The summed E-state index contributed by atoms with van der Waals surface area (Å²) in [4.78, 5) is 24.6. The lowest BCUT2D eigenvalue weighted by Crippen LogP contribution is -2.37. The van der Waals surface area contributed by atoms with E-state index in [1.165, 1.54) is 31.0 Å². The maximum atomic E-state index is 12.3. The summed E-state index contributed by atoms with van der Waals surface area (Å²) in [6, 6.07) is 16.9. The van der Waals surface area contributed by atoms with Crippen molar-refractivity contribution in [1.29, 1.82) is 0 Å². The SMILES string of the molecule is Cn1c(SCC(=O)NC2CCCCC2)nnc1-c1ccc(NC(=O)c2ccccc2)cc1. The molecule has 7 nitrogen and oxygen atoms in total. The van der Waals surface area contributed by atoms with E-state index in [1.54, 1.807) is 12.1 Å². The summed E-state index contributed by atoms with van der Waals surface area (Å²) in [5.41, 5.74) is 2.20. The van der Waals surface area contributed by atoms with Crippen LogP contribution in [0.2, 0.25) is 0 Å². The van der Waals surface area contributed by atoms with E-state index in [1.807, 2.05) is 54.1 Å². The smallest absolute Gasteiger partial charge is 0.255 e. The highest BCUT2D eigenvalue weighted by atomic mass is 32.2. The van der Waals surface area contributed by atoms with E-state index < -0.39 is 0 Å². The van der Waals surface area contributed by atoms with Crippen LogP contribution in [0.15, 0.2) is 59.8 Å². The van der Waals surface area contributed by atoms with Crippen molar-refractivity contribution in [3.63, 3.8) is 0 Å². The van der Waals surface area contributed by atoms with Crippen LogP contribution >= 0.6 is 11.8 Å². The van der Waals surface area contributed by atoms with E-state index in [0.29, 0.717) is 34.0 Å². The van der Waals surface area contributed by atoms with Gasteiger partial charge in [-0.15, -0.1) is 10.2 Å². The third-order valence-electron chi connectivity index (χ3n) is 5.57. The largest absolute Gasteiger partial charge is 0.353 e. The molecule has 2 aromatic carbocycles. The molecular formula is C24H27N5O2S. The highest BCUT2D eigenvalue weighted by Gasteiger charge is 2.17. The topological polar surface area (TPSA) is 88.9 Å². The number of thioether (sulfide) groups is 1. The zero-order valence-corrected chi connectivity index (χ0v) is 18.9. The predicted octanol–water partition coefficient (Wildman–Crippen LogP) is 4.28. The van der Waals surface area contributed by atoms with Crippen molar-refractivity contribution in [2.24, 2.45) is 7.05 Å². The molecule has 0 atom stereocenters. The molecule has 1 aliphatic rings. The highest BCUT2D eigenvalue weighted by Crippen LogP contribution is 2.24. The van der Waals surface area contributed by atoms with Crippen LogP contribution in [0.5, 0.6) is 0 Å². The number of nitrogens with zero attached hydrogens (tertiary/aromatic N) is 3. The third-order valence-corrected chi connectivity index (χ3v) is 6.59. The van der Waals surface area contributed by atoms with E-state index >= 15 is 0 Å². The van der Waals surface area contributed by atoms with Gasteiger partial charge < -0.3 is 15.2 Å². The lowest BCUT2D eigenvalue weighted by molar-refractivity contribution is -0.119. The molecule has 3 aromatic rings. The van der Waals surface area contributed by atoms with Crippen LogP contribution in [-0.4, -0.2) is 38.4 Å². The Hall–Kier alpha value is -3.13. The molecule has 1 heterocycles. The molecule has 2 N–H and O–H groups in total.